The van der Waals surface area contributed by atoms with Crippen molar-refractivity contribution in [2.24, 2.45) is 0 Å². The third-order valence-corrected chi connectivity index (χ3v) is 1.92. The van der Waals surface area contributed by atoms with E-state index in [0.717, 1.165) is 12.1 Å². The standard InChI is InChI=1S/C10H9F2NO4/c11-6-2-1-5(3-7(6)12)9(15)13-4-8(14)10(16)17/h1-3,8,14H,4H2,(H,13,15)(H,16,17)/t8-/m0/s1. The van der Waals surface area contributed by atoms with Gasteiger partial charge in [0.05, 0.1) is 6.54 Å². The molecule has 5 nitrogen and oxygen atoms in total. The fourth-order valence-electron chi connectivity index (χ4n) is 1.02. The SMILES string of the molecule is O=C(NC[C@H](O)C(=O)O)c1ccc(F)c(F)c1. The maximum absolute atomic E-state index is 12.8. The van der Waals surface area contributed by atoms with Crippen molar-refractivity contribution in [3.05, 3.63) is 35.4 Å². The molecule has 0 aliphatic heterocycles. The number of nitrogens with one attached hydrogen (secondary N) is 1. The molecule has 1 rings (SSSR count). The summed E-state index contributed by atoms with van der Waals surface area (Å²) in [6, 6.07) is 2.50. The van der Waals surface area contributed by atoms with Gasteiger partial charge in [-0.15, -0.1) is 0 Å². The number of hydrogen-bond acceptors (Lipinski definition) is 3. The van der Waals surface area contributed by atoms with Crippen LogP contribution in [0.2, 0.25) is 0 Å². The zero-order valence-electron chi connectivity index (χ0n) is 8.48. The predicted octanol–water partition coefficient (Wildman–Crippen LogP) is 0.140. The number of rotatable bonds is 4. The largest absolute Gasteiger partial charge is 0.479 e. The molecule has 0 saturated heterocycles. The molecule has 0 bridgehead atoms. The highest BCUT2D eigenvalue weighted by Crippen LogP contribution is 2.08. The molecule has 0 aliphatic carbocycles. The van der Waals surface area contributed by atoms with E-state index >= 15 is 0 Å². The minimum atomic E-state index is -1.75. The van der Waals surface area contributed by atoms with Crippen molar-refractivity contribution in [2.75, 3.05) is 6.54 Å². The number of aliphatic carboxylic acids is 1. The fraction of sp³-hybridized carbons (Fsp3) is 0.200. The highest BCUT2D eigenvalue weighted by molar-refractivity contribution is 5.94. The van der Waals surface area contributed by atoms with Crippen LogP contribution in [0, 0.1) is 11.6 Å². The van der Waals surface area contributed by atoms with E-state index in [1.54, 1.807) is 0 Å². The lowest BCUT2D eigenvalue weighted by molar-refractivity contribution is -0.146. The zero-order chi connectivity index (χ0) is 13.0. The van der Waals surface area contributed by atoms with Gasteiger partial charge < -0.3 is 15.5 Å². The Kier molecular flexibility index (Phi) is 4.11. The van der Waals surface area contributed by atoms with Crippen molar-refractivity contribution in [3.8, 4) is 0 Å². The average Bonchev–Trinajstić information content (AvgIpc) is 2.28. The number of halogens is 2. The summed E-state index contributed by atoms with van der Waals surface area (Å²) in [7, 11) is 0. The summed E-state index contributed by atoms with van der Waals surface area (Å²) in [6.45, 7) is -0.521. The van der Waals surface area contributed by atoms with E-state index in [1.807, 2.05) is 0 Å². The molecule has 0 aromatic heterocycles. The molecule has 3 N–H and O–H groups in total. The monoisotopic (exact) mass is 245 g/mol. The predicted molar refractivity (Wildman–Crippen MR) is 52.3 cm³/mol. The van der Waals surface area contributed by atoms with Gasteiger partial charge in [0.1, 0.15) is 0 Å². The van der Waals surface area contributed by atoms with Crippen molar-refractivity contribution in [2.45, 2.75) is 6.10 Å². The van der Waals surface area contributed by atoms with Gasteiger partial charge >= 0.3 is 5.97 Å². The quantitative estimate of drug-likeness (QED) is 0.704. The third kappa shape index (κ3) is 3.49. The number of amides is 1. The van der Waals surface area contributed by atoms with E-state index in [2.05, 4.69) is 5.32 Å². The van der Waals surface area contributed by atoms with E-state index in [4.69, 9.17) is 10.2 Å². The van der Waals surface area contributed by atoms with Crippen molar-refractivity contribution < 1.29 is 28.6 Å². The molecule has 0 fully saturated rings. The zero-order valence-corrected chi connectivity index (χ0v) is 8.48. The van der Waals surface area contributed by atoms with E-state index in [0.29, 0.717) is 6.07 Å². The Morgan fingerprint density at radius 3 is 2.47 bits per heavy atom. The van der Waals surface area contributed by atoms with Gasteiger partial charge in [-0.1, -0.05) is 0 Å². The molecule has 1 amide bonds. The first-order chi connectivity index (χ1) is 7.91. The van der Waals surface area contributed by atoms with Gasteiger partial charge in [-0.3, -0.25) is 4.79 Å². The van der Waals surface area contributed by atoms with Crippen LogP contribution >= 0.6 is 0 Å². The van der Waals surface area contributed by atoms with Crippen LogP contribution in [-0.2, 0) is 4.79 Å². The number of carbonyl (C=O) groups excluding carboxylic acids is 1. The Hall–Kier alpha value is -2.02. The Bertz CT molecular complexity index is 450. The van der Waals surface area contributed by atoms with Crippen molar-refractivity contribution in [1.82, 2.24) is 5.32 Å². The molecule has 0 saturated carbocycles. The number of carboxylic acid groups (broad SMARTS) is 1. The van der Waals surface area contributed by atoms with Crippen LogP contribution in [-0.4, -0.2) is 34.7 Å². The van der Waals surface area contributed by atoms with Crippen LogP contribution in [0.4, 0.5) is 8.78 Å². The van der Waals surface area contributed by atoms with Gasteiger partial charge in [0, 0.05) is 5.56 Å². The average molecular weight is 245 g/mol. The fourth-order valence-corrected chi connectivity index (χ4v) is 1.02. The number of carbonyl (C=O) groups is 2. The number of aliphatic hydroxyl groups is 1. The second-order valence-electron chi connectivity index (χ2n) is 3.19. The molecule has 0 spiro atoms. The maximum atomic E-state index is 12.8. The second-order valence-corrected chi connectivity index (χ2v) is 3.19. The molecular weight excluding hydrogens is 236 g/mol. The van der Waals surface area contributed by atoms with Gasteiger partial charge in [0.15, 0.2) is 17.7 Å². The molecule has 1 atom stereocenters. The highest BCUT2D eigenvalue weighted by Gasteiger charge is 2.15. The summed E-state index contributed by atoms with van der Waals surface area (Å²) in [5.41, 5.74) is -0.165. The number of aliphatic hydroxyl groups excluding tert-OH is 1. The Morgan fingerprint density at radius 2 is 1.94 bits per heavy atom. The van der Waals surface area contributed by atoms with Crippen molar-refractivity contribution in [3.63, 3.8) is 0 Å². The molecule has 7 heteroatoms. The second kappa shape index (κ2) is 5.35. The molecular formula is C10H9F2NO4. The van der Waals surface area contributed by atoms with Gasteiger partial charge in [-0.2, -0.15) is 0 Å². The van der Waals surface area contributed by atoms with Gasteiger partial charge in [0.25, 0.3) is 5.91 Å². The number of hydrogen-bond donors (Lipinski definition) is 3. The first kappa shape index (κ1) is 13.0. The summed E-state index contributed by atoms with van der Waals surface area (Å²) in [6.07, 6.45) is -1.75. The van der Waals surface area contributed by atoms with Crippen molar-refractivity contribution in [1.29, 1.82) is 0 Å². The smallest absolute Gasteiger partial charge is 0.334 e. The minimum Gasteiger partial charge on any atom is -0.479 e. The molecule has 1 aromatic rings. The molecule has 0 aliphatic rings. The van der Waals surface area contributed by atoms with E-state index < -0.39 is 36.2 Å². The first-order valence-corrected chi connectivity index (χ1v) is 4.56. The third-order valence-electron chi connectivity index (χ3n) is 1.92. The van der Waals surface area contributed by atoms with Crippen LogP contribution in [0.3, 0.4) is 0 Å². The lowest BCUT2D eigenvalue weighted by Gasteiger charge is -2.07. The van der Waals surface area contributed by atoms with Crippen LogP contribution in [0.1, 0.15) is 10.4 Å². The van der Waals surface area contributed by atoms with Gasteiger partial charge in [-0.25, -0.2) is 13.6 Å². The maximum Gasteiger partial charge on any atom is 0.334 e. The van der Waals surface area contributed by atoms with Gasteiger partial charge in [0.2, 0.25) is 0 Å². The van der Waals surface area contributed by atoms with E-state index in [1.165, 1.54) is 0 Å². The van der Waals surface area contributed by atoms with Gasteiger partial charge in [-0.05, 0) is 18.2 Å². The first-order valence-electron chi connectivity index (χ1n) is 4.56. The number of benzene rings is 1. The summed E-state index contributed by atoms with van der Waals surface area (Å²) in [4.78, 5) is 21.6. The Morgan fingerprint density at radius 1 is 1.29 bits per heavy atom. The van der Waals surface area contributed by atoms with E-state index in [-0.39, 0.29) is 5.56 Å². The van der Waals surface area contributed by atoms with Crippen molar-refractivity contribution >= 4 is 11.9 Å². The highest BCUT2D eigenvalue weighted by atomic mass is 19.2. The molecule has 92 valence electrons. The van der Waals surface area contributed by atoms with Crippen LogP contribution in [0.15, 0.2) is 18.2 Å². The summed E-state index contributed by atoms with van der Waals surface area (Å²) in [5, 5.41) is 19.3. The summed E-state index contributed by atoms with van der Waals surface area (Å²) < 4.78 is 25.3. The molecule has 0 unspecified atom stereocenters. The number of carboxylic acids is 1. The van der Waals surface area contributed by atoms with Crippen LogP contribution in [0.25, 0.3) is 0 Å². The Labute approximate surface area is 94.7 Å². The van der Waals surface area contributed by atoms with E-state index in [9.17, 15) is 18.4 Å². The molecule has 1 aromatic carbocycles. The normalized spacial score (nSPS) is 11.9. The molecule has 0 heterocycles. The lowest BCUT2D eigenvalue weighted by atomic mass is 10.2. The topological polar surface area (TPSA) is 86.6 Å². The van der Waals surface area contributed by atoms with Crippen LogP contribution < -0.4 is 5.32 Å². The molecule has 0 radical (unpaired) electrons. The lowest BCUT2D eigenvalue weighted by Crippen LogP contribution is -2.36. The summed E-state index contributed by atoms with van der Waals surface area (Å²) >= 11 is 0. The van der Waals surface area contributed by atoms with Crippen LogP contribution in [0.5, 0.6) is 0 Å². The minimum absolute atomic E-state index is 0.165. The molecule has 17 heavy (non-hydrogen) atoms. The Balaban J connectivity index is 2.64. The summed E-state index contributed by atoms with van der Waals surface area (Å²) in [5.74, 6) is -4.57.